The topological polar surface area (TPSA) is 41.8 Å². The summed E-state index contributed by atoms with van der Waals surface area (Å²) in [5, 5.41) is 1.24. The molecular formula is C16H16N2. The van der Waals surface area contributed by atoms with Crippen molar-refractivity contribution in [2.45, 2.75) is 12.5 Å². The van der Waals surface area contributed by atoms with Crippen molar-refractivity contribution < 1.29 is 0 Å². The van der Waals surface area contributed by atoms with Crippen molar-refractivity contribution in [2.75, 3.05) is 0 Å². The van der Waals surface area contributed by atoms with Gasteiger partial charge in [0, 0.05) is 23.7 Å². The Morgan fingerprint density at radius 2 is 1.67 bits per heavy atom. The fourth-order valence-electron chi connectivity index (χ4n) is 2.30. The van der Waals surface area contributed by atoms with Crippen LogP contribution in [0.4, 0.5) is 0 Å². The summed E-state index contributed by atoms with van der Waals surface area (Å²) < 4.78 is 0. The number of fused-ring (bicyclic) bond motifs is 1. The molecule has 18 heavy (non-hydrogen) atoms. The van der Waals surface area contributed by atoms with Gasteiger partial charge in [-0.1, -0.05) is 48.5 Å². The van der Waals surface area contributed by atoms with E-state index in [9.17, 15) is 0 Å². The highest BCUT2D eigenvalue weighted by Crippen LogP contribution is 2.19. The van der Waals surface area contributed by atoms with Crippen LogP contribution in [0, 0.1) is 0 Å². The number of nitrogens with one attached hydrogen (secondary N) is 1. The first-order valence-corrected chi connectivity index (χ1v) is 6.20. The van der Waals surface area contributed by atoms with Gasteiger partial charge in [-0.15, -0.1) is 0 Å². The maximum Gasteiger partial charge on any atom is 0.0456 e. The van der Waals surface area contributed by atoms with Gasteiger partial charge in [0.1, 0.15) is 0 Å². The molecule has 0 saturated heterocycles. The molecule has 2 heteroatoms. The molecule has 3 N–H and O–H groups in total. The van der Waals surface area contributed by atoms with E-state index in [-0.39, 0.29) is 6.04 Å². The lowest BCUT2D eigenvalue weighted by Gasteiger charge is -2.10. The number of hydrogen-bond acceptors (Lipinski definition) is 1. The number of aromatic amines is 1. The van der Waals surface area contributed by atoms with E-state index in [2.05, 4.69) is 41.4 Å². The van der Waals surface area contributed by atoms with E-state index in [1.807, 2.05) is 24.3 Å². The number of nitrogens with two attached hydrogens (primary N) is 1. The summed E-state index contributed by atoms with van der Waals surface area (Å²) in [6.07, 6.45) is 0.832. The van der Waals surface area contributed by atoms with Crippen LogP contribution in [0.3, 0.4) is 0 Å². The second-order valence-corrected chi connectivity index (χ2v) is 4.60. The number of H-pyrrole nitrogens is 1. The standard InChI is InChI=1S/C16H16N2/c17-15(12-6-2-1-3-7-12)11-14-10-13-8-4-5-9-16(13)18-14/h1-10,15,18H,11,17H2/t15-/m0/s1. The van der Waals surface area contributed by atoms with Gasteiger partial charge < -0.3 is 10.7 Å². The fraction of sp³-hybridized carbons (Fsp3) is 0.125. The van der Waals surface area contributed by atoms with Crippen LogP contribution in [0.5, 0.6) is 0 Å². The first-order valence-electron chi connectivity index (χ1n) is 6.20. The Morgan fingerprint density at radius 1 is 0.944 bits per heavy atom. The zero-order chi connectivity index (χ0) is 12.4. The van der Waals surface area contributed by atoms with E-state index in [0.717, 1.165) is 6.42 Å². The van der Waals surface area contributed by atoms with Crippen molar-refractivity contribution in [3.8, 4) is 0 Å². The van der Waals surface area contributed by atoms with Crippen LogP contribution in [-0.2, 0) is 6.42 Å². The monoisotopic (exact) mass is 236 g/mol. The molecule has 3 aromatic rings. The van der Waals surface area contributed by atoms with Gasteiger partial charge in [0.2, 0.25) is 0 Å². The Labute approximate surface area is 106 Å². The molecule has 1 aromatic heterocycles. The lowest BCUT2D eigenvalue weighted by molar-refractivity contribution is 0.711. The second kappa shape index (κ2) is 4.67. The number of rotatable bonds is 3. The Kier molecular flexibility index (Phi) is 2.87. The van der Waals surface area contributed by atoms with Crippen molar-refractivity contribution in [3.63, 3.8) is 0 Å². The summed E-state index contributed by atoms with van der Waals surface area (Å²) in [5.74, 6) is 0. The van der Waals surface area contributed by atoms with Crippen LogP contribution in [0.2, 0.25) is 0 Å². The maximum atomic E-state index is 6.23. The third-order valence-corrected chi connectivity index (χ3v) is 3.25. The zero-order valence-electron chi connectivity index (χ0n) is 10.1. The number of benzene rings is 2. The van der Waals surface area contributed by atoms with E-state index in [4.69, 9.17) is 5.73 Å². The van der Waals surface area contributed by atoms with Gasteiger partial charge in [0.25, 0.3) is 0 Å². The SMILES string of the molecule is N[C@@H](Cc1cc2ccccc2[nH]1)c1ccccc1. The molecule has 3 rings (SSSR count). The van der Waals surface area contributed by atoms with Crippen LogP contribution in [-0.4, -0.2) is 4.98 Å². The van der Waals surface area contributed by atoms with Crippen LogP contribution in [0.25, 0.3) is 10.9 Å². The van der Waals surface area contributed by atoms with Crippen LogP contribution < -0.4 is 5.73 Å². The molecule has 1 heterocycles. The molecule has 1 atom stereocenters. The molecule has 0 unspecified atom stereocenters. The van der Waals surface area contributed by atoms with Crippen LogP contribution >= 0.6 is 0 Å². The van der Waals surface area contributed by atoms with Crippen molar-refractivity contribution in [1.29, 1.82) is 0 Å². The molecule has 0 fully saturated rings. The normalized spacial score (nSPS) is 12.7. The predicted molar refractivity (Wildman–Crippen MR) is 75.4 cm³/mol. The van der Waals surface area contributed by atoms with Crippen molar-refractivity contribution >= 4 is 10.9 Å². The fourth-order valence-corrected chi connectivity index (χ4v) is 2.30. The molecule has 2 nitrogen and oxygen atoms in total. The summed E-state index contributed by atoms with van der Waals surface area (Å²) in [5.41, 5.74) is 9.77. The molecule has 0 aliphatic rings. The van der Waals surface area contributed by atoms with E-state index in [1.165, 1.54) is 22.2 Å². The van der Waals surface area contributed by atoms with Crippen LogP contribution in [0.15, 0.2) is 60.7 Å². The Balaban J connectivity index is 1.84. The largest absolute Gasteiger partial charge is 0.358 e. The van der Waals surface area contributed by atoms with E-state index >= 15 is 0 Å². The average molecular weight is 236 g/mol. The summed E-state index contributed by atoms with van der Waals surface area (Å²) in [6.45, 7) is 0. The van der Waals surface area contributed by atoms with Crippen LogP contribution in [0.1, 0.15) is 17.3 Å². The molecule has 0 spiro atoms. The Hall–Kier alpha value is -2.06. The van der Waals surface area contributed by atoms with E-state index < -0.39 is 0 Å². The van der Waals surface area contributed by atoms with Crippen molar-refractivity contribution in [2.24, 2.45) is 5.73 Å². The lowest BCUT2D eigenvalue weighted by Crippen LogP contribution is -2.13. The third-order valence-electron chi connectivity index (χ3n) is 3.25. The van der Waals surface area contributed by atoms with Gasteiger partial charge in [-0.05, 0) is 23.1 Å². The smallest absolute Gasteiger partial charge is 0.0456 e. The quantitative estimate of drug-likeness (QED) is 0.719. The van der Waals surface area contributed by atoms with E-state index in [1.54, 1.807) is 0 Å². The molecule has 2 aromatic carbocycles. The van der Waals surface area contributed by atoms with Crippen molar-refractivity contribution in [1.82, 2.24) is 4.98 Å². The molecular weight excluding hydrogens is 220 g/mol. The number of aromatic nitrogens is 1. The van der Waals surface area contributed by atoms with Gasteiger partial charge in [-0.3, -0.25) is 0 Å². The Morgan fingerprint density at radius 3 is 2.44 bits per heavy atom. The minimum absolute atomic E-state index is 0.0410. The van der Waals surface area contributed by atoms with Gasteiger partial charge >= 0.3 is 0 Å². The highest BCUT2D eigenvalue weighted by molar-refractivity contribution is 5.80. The van der Waals surface area contributed by atoms with Crippen molar-refractivity contribution in [3.05, 3.63) is 71.9 Å². The minimum atomic E-state index is 0.0410. The summed E-state index contributed by atoms with van der Waals surface area (Å²) in [4.78, 5) is 3.42. The molecule has 0 aliphatic heterocycles. The first-order chi connectivity index (χ1) is 8.83. The molecule has 0 saturated carbocycles. The number of hydrogen-bond donors (Lipinski definition) is 2. The molecule has 0 bridgehead atoms. The molecule has 0 amide bonds. The highest BCUT2D eigenvalue weighted by atomic mass is 14.7. The van der Waals surface area contributed by atoms with Gasteiger partial charge in [0.05, 0.1) is 0 Å². The van der Waals surface area contributed by atoms with Gasteiger partial charge in [-0.25, -0.2) is 0 Å². The maximum absolute atomic E-state index is 6.23. The lowest BCUT2D eigenvalue weighted by atomic mass is 10.0. The average Bonchev–Trinajstić information content (AvgIpc) is 2.82. The summed E-state index contributed by atoms with van der Waals surface area (Å²) in [6, 6.07) is 20.7. The van der Waals surface area contributed by atoms with E-state index in [0.29, 0.717) is 0 Å². The second-order valence-electron chi connectivity index (χ2n) is 4.60. The molecule has 0 radical (unpaired) electrons. The number of para-hydroxylation sites is 1. The predicted octanol–water partition coefficient (Wildman–Crippen LogP) is 3.41. The Bertz CT molecular complexity index is 607. The minimum Gasteiger partial charge on any atom is -0.358 e. The third kappa shape index (κ3) is 2.15. The zero-order valence-corrected chi connectivity index (χ0v) is 10.1. The first kappa shape index (κ1) is 11.1. The summed E-state index contributed by atoms with van der Waals surface area (Å²) >= 11 is 0. The summed E-state index contributed by atoms with van der Waals surface area (Å²) in [7, 11) is 0. The molecule has 0 aliphatic carbocycles. The van der Waals surface area contributed by atoms with Gasteiger partial charge in [0.15, 0.2) is 0 Å². The molecule has 90 valence electrons. The highest BCUT2D eigenvalue weighted by Gasteiger charge is 2.08. The van der Waals surface area contributed by atoms with Gasteiger partial charge in [-0.2, -0.15) is 0 Å².